The second kappa shape index (κ2) is 2.93. The molecule has 0 fully saturated rings. The van der Waals surface area contributed by atoms with Gasteiger partial charge in [0.05, 0.1) is 9.26 Å². The first kappa shape index (κ1) is 8.08. The van der Waals surface area contributed by atoms with Gasteiger partial charge in [-0.15, -0.1) is 0 Å². The molecule has 1 N–H and O–H groups in total. The van der Waals surface area contributed by atoms with Crippen molar-refractivity contribution in [2.24, 2.45) is 0 Å². The Morgan fingerprint density at radius 1 is 1.70 bits per heavy atom. The van der Waals surface area contributed by atoms with E-state index in [1.165, 1.54) is 0 Å². The highest BCUT2D eigenvalue weighted by Crippen LogP contribution is 2.22. The van der Waals surface area contributed by atoms with Gasteiger partial charge in [0.2, 0.25) is 0 Å². The van der Waals surface area contributed by atoms with E-state index in [-0.39, 0.29) is 0 Å². The fourth-order valence-corrected chi connectivity index (χ4v) is 2.15. The van der Waals surface area contributed by atoms with E-state index in [0.717, 1.165) is 13.9 Å². The molecule has 1 rings (SSSR count). The van der Waals surface area contributed by atoms with Crippen LogP contribution in [0.15, 0.2) is 4.60 Å². The van der Waals surface area contributed by atoms with Crippen molar-refractivity contribution in [3.63, 3.8) is 0 Å². The van der Waals surface area contributed by atoms with E-state index < -0.39 is 0 Å². The molecule has 0 bridgehead atoms. The van der Waals surface area contributed by atoms with Gasteiger partial charge in [0.25, 0.3) is 0 Å². The summed E-state index contributed by atoms with van der Waals surface area (Å²) in [6.07, 6.45) is 0. The lowest BCUT2D eigenvalue weighted by molar-refractivity contribution is 1.29. The van der Waals surface area contributed by atoms with Crippen molar-refractivity contribution in [2.75, 3.05) is 0 Å². The molecule has 1 heterocycles. The third-order valence-corrected chi connectivity index (χ3v) is 2.93. The lowest BCUT2D eigenvalue weighted by atomic mass is 10.2. The van der Waals surface area contributed by atoms with Gasteiger partial charge >= 0.3 is 0 Å². The molecule has 0 amide bonds. The van der Waals surface area contributed by atoms with Gasteiger partial charge in [-0.1, -0.05) is 0 Å². The summed E-state index contributed by atoms with van der Waals surface area (Å²) in [7, 11) is 0. The third-order valence-electron chi connectivity index (χ3n) is 1.26. The Kier molecular flexibility index (Phi) is 2.36. The standard InChI is InChI=1S/C6H4BrIN2/c1-3-4(2-9)5(7)10-6(3)8/h10H,1H3. The van der Waals surface area contributed by atoms with Crippen LogP contribution >= 0.6 is 38.5 Å². The van der Waals surface area contributed by atoms with Crippen molar-refractivity contribution in [3.8, 4) is 6.07 Å². The Hall–Kier alpha value is -0.0200. The summed E-state index contributed by atoms with van der Waals surface area (Å²) in [5.74, 6) is 0. The lowest BCUT2D eigenvalue weighted by Crippen LogP contribution is -1.74. The van der Waals surface area contributed by atoms with Gasteiger partial charge in [0.1, 0.15) is 10.7 Å². The smallest absolute Gasteiger partial charge is 0.102 e. The first-order valence-electron chi connectivity index (χ1n) is 2.60. The molecule has 1 aromatic rings. The first-order valence-corrected chi connectivity index (χ1v) is 4.47. The predicted molar refractivity (Wildman–Crippen MR) is 50.7 cm³/mol. The molecule has 10 heavy (non-hydrogen) atoms. The molecule has 0 spiro atoms. The zero-order valence-corrected chi connectivity index (χ0v) is 8.95. The Morgan fingerprint density at radius 2 is 2.30 bits per heavy atom. The van der Waals surface area contributed by atoms with Gasteiger partial charge in [-0.25, -0.2) is 0 Å². The number of rotatable bonds is 0. The molecule has 4 heteroatoms. The maximum absolute atomic E-state index is 8.61. The van der Waals surface area contributed by atoms with Crippen LogP contribution in [0.25, 0.3) is 0 Å². The summed E-state index contributed by atoms with van der Waals surface area (Å²) in [5, 5.41) is 8.61. The van der Waals surface area contributed by atoms with Crippen molar-refractivity contribution in [3.05, 3.63) is 19.4 Å². The minimum absolute atomic E-state index is 0.699. The SMILES string of the molecule is Cc1c(I)[nH]c(Br)c1C#N. The minimum atomic E-state index is 0.699. The number of hydrogen-bond donors (Lipinski definition) is 1. The molecular formula is C6H4BrIN2. The molecule has 0 radical (unpaired) electrons. The molecular weight excluding hydrogens is 307 g/mol. The highest BCUT2D eigenvalue weighted by atomic mass is 127. The monoisotopic (exact) mass is 310 g/mol. The van der Waals surface area contributed by atoms with Crippen molar-refractivity contribution < 1.29 is 0 Å². The molecule has 2 nitrogen and oxygen atoms in total. The fourth-order valence-electron chi connectivity index (χ4n) is 0.660. The van der Waals surface area contributed by atoms with E-state index >= 15 is 0 Å². The topological polar surface area (TPSA) is 39.6 Å². The lowest BCUT2D eigenvalue weighted by Gasteiger charge is -1.83. The highest BCUT2D eigenvalue weighted by Gasteiger charge is 2.08. The molecule has 0 saturated carbocycles. The van der Waals surface area contributed by atoms with E-state index in [4.69, 9.17) is 5.26 Å². The second-order valence-corrected chi connectivity index (χ2v) is 3.74. The summed E-state index contributed by atoms with van der Waals surface area (Å²) in [6, 6.07) is 2.10. The molecule has 0 unspecified atom stereocenters. The number of nitriles is 1. The zero-order chi connectivity index (χ0) is 7.72. The summed E-state index contributed by atoms with van der Waals surface area (Å²) in [5.41, 5.74) is 1.71. The van der Waals surface area contributed by atoms with Crippen LogP contribution < -0.4 is 0 Å². The Labute approximate surface area is 80.9 Å². The Bertz CT molecular complexity index is 297. The number of halogens is 2. The summed E-state index contributed by atoms with van der Waals surface area (Å²) in [6.45, 7) is 1.92. The van der Waals surface area contributed by atoms with E-state index in [0.29, 0.717) is 5.56 Å². The first-order chi connectivity index (χ1) is 4.66. The molecule has 0 saturated heterocycles. The number of nitrogens with one attached hydrogen (secondary N) is 1. The maximum Gasteiger partial charge on any atom is 0.102 e. The van der Waals surface area contributed by atoms with Crippen molar-refractivity contribution >= 4 is 38.5 Å². The van der Waals surface area contributed by atoms with Crippen LogP contribution in [0.3, 0.4) is 0 Å². The maximum atomic E-state index is 8.61. The zero-order valence-electron chi connectivity index (χ0n) is 5.20. The van der Waals surface area contributed by atoms with Gasteiger partial charge in [-0.2, -0.15) is 5.26 Å². The molecule has 52 valence electrons. The van der Waals surface area contributed by atoms with Gasteiger partial charge in [-0.05, 0) is 51.0 Å². The summed E-state index contributed by atoms with van der Waals surface area (Å²) >= 11 is 5.40. The molecule has 1 aromatic heterocycles. The molecule has 0 aliphatic carbocycles. The van der Waals surface area contributed by atoms with Crippen LogP contribution in [0, 0.1) is 22.0 Å². The molecule has 0 aromatic carbocycles. The summed E-state index contributed by atoms with van der Waals surface area (Å²) < 4.78 is 1.79. The quantitative estimate of drug-likeness (QED) is 0.735. The molecule has 0 aliphatic rings. The average molecular weight is 311 g/mol. The normalized spacial score (nSPS) is 9.40. The van der Waals surface area contributed by atoms with Crippen LogP contribution in [0.5, 0.6) is 0 Å². The van der Waals surface area contributed by atoms with Gasteiger partial charge in [-0.3, -0.25) is 0 Å². The number of H-pyrrole nitrogens is 1. The van der Waals surface area contributed by atoms with Crippen LogP contribution in [0.4, 0.5) is 0 Å². The van der Waals surface area contributed by atoms with E-state index in [9.17, 15) is 0 Å². The van der Waals surface area contributed by atoms with E-state index in [2.05, 4.69) is 49.6 Å². The van der Waals surface area contributed by atoms with Gasteiger partial charge < -0.3 is 4.98 Å². The van der Waals surface area contributed by atoms with Crippen molar-refractivity contribution in [2.45, 2.75) is 6.92 Å². The average Bonchev–Trinajstić information content (AvgIpc) is 2.09. The summed E-state index contributed by atoms with van der Waals surface area (Å²) in [4.78, 5) is 3.01. The van der Waals surface area contributed by atoms with Gasteiger partial charge in [0, 0.05) is 0 Å². The number of aromatic amines is 1. The largest absolute Gasteiger partial charge is 0.343 e. The number of aromatic nitrogens is 1. The predicted octanol–water partition coefficient (Wildman–Crippen LogP) is 2.56. The highest BCUT2D eigenvalue weighted by molar-refractivity contribution is 14.1. The van der Waals surface area contributed by atoms with Crippen LogP contribution in [-0.4, -0.2) is 4.98 Å². The Balaban J connectivity index is 3.37. The van der Waals surface area contributed by atoms with Crippen molar-refractivity contribution in [1.82, 2.24) is 4.98 Å². The Morgan fingerprint density at radius 3 is 2.50 bits per heavy atom. The van der Waals surface area contributed by atoms with Crippen LogP contribution in [-0.2, 0) is 0 Å². The minimum Gasteiger partial charge on any atom is -0.343 e. The van der Waals surface area contributed by atoms with E-state index in [1.54, 1.807) is 0 Å². The number of hydrogen-bond acceptors (Lipinski definition) is 1. The molecule has 0 aliphatic heterocycles. The van der Waals surface area contributed by atoms with Gasteiger partial charge in [0.15, 0.2) is 0 Å². The van der Waals surface area contributed by atoms with Crippen LogP contribution in [0.1, 0.15) is 11.1 Å². The molecule has 0 atom stereocenters. The van der Waals surface area contributed by atoms with Crippen LogP contribution in [0.2, 0.25) is 0 Å². The number of nitrogens with zero attached hydrogens (tertiary/aromatic N) is 1. The van der Waals surface area contributed by atoms with E-state index in [1.807, 2.05) is 6.92 Å². The third kappa shape index (κ3) is 1.20. The van der Waals surface area contributed by atoms with Crippen molar-refractivity contribution in [1.29, 1.82) is 5.26 Å². The second-order valence-electron chi connectivity index (χ2n) is 1.86. The fraction of sp³-hybridized carbons (Fsp3) is 0.167.